The molecule has 8 heteroatoms. The van der Waals surface area contributed by atoms with Gasteiger partial charge in [-0.05, 0) is 12.1 Å². The third kappa shape index (κ3) is 3.70. The Hall–Kier alpha value is -3.26. The topological polar surface area (TPSA) is 106 Å². The van der Waals surface area contributed by atoms with Gasteiger partial charge < -0.3 is 15.2 Å². The Labute approximate surface area is 149 Å². The Balaban J connectivity index is 1.91. The van der Waals surface area contributed by atoms with E-state index in [1.165, 1.54) is 18.0 Å². The molecule has 0 saturated carbocycles. The summed E-state index contributed by atoms with van der Waals surface area (Å²) in [6.45, 7) is -0.152. The fraction of sp³-hybridized carbons (Fsp3) is 0.222. The number of hydrogen-bond acceptors (Lipinski definition) is 6. The number of benzene rings is 1. The molecule has 3 aromatic rings. The second-order valence-electron chi connectivity index (χ2n) is 5.55. The standard InChI is InChI=1S/C18H18N4O4/c1-26-12-6-7-19-16(10-12)20-17(24)11-15-13-4-2-3-5-14(13)18(25)22(21-15)8-9-23/h2-7,10,23H,8-9,11H2,1H3,(H,19,20,24). The molecule has 2 heterocycles. The van der Waals surface area contributed by atoms with Gasteiger partial charge in [-0.1, -0.05) is 18.2 Å². The molecule has 0 fully saturated rings. The zero-order valence-corrected chi connectivity index (χ0v) is 14.2. The zero-order valence-electron chi connectivity index (χ0n) is 14.2. The van der Waals surface area contributed by atoms with Crippen molar-refractivity contribution in [2.45, 2.75) is 13.0 Å². The highest BCUT2D eigenvalue weighted by Crippen LogP contribution is 2.16. The summed E-state index contributed by atoms with van der Waals surface area (Å²) >= 11 is 0. The first-order valence-electron chi connectivity index (χ1n) is 8.02. The number of nitrogens with zero attached hydrogens (tertiary/aromatic N) is 3. The van der Waals surface area contributed by atoms with Gasteiger partial charge in [0, 0.05) is 17.6 Å². The van der Waals surface area contributed by atoms with Gasteiger partial charge >= 0.3 is 0 Å². The summed E-state index contributed by atoms with van der Waals surface area (Å²) in [6.07, 6.45) is 1.49. The molecule has 134 valence electrons. The lowest BCUT2D eigenvalue weighted by Crippen LogP contribution is -2.27. The summed E-state index contributed by atoms with van der Waals surface area (Å²) in [5.74, 6) is 0.621. The smallest absolute Gasteiger partial charge is 0.274 e. The van der Waals surface area contributed by atoms with E-state index in [-0.39, 0.29) is 31.0 Å². The van der Waals surface area contributed by atoms with Gasteiger partial charge in [-0.15, -0.1) is 0 Å². The lowest BCUT2D eigenvalue weighted by molar-refractivity contribution is -0.115. The largest absolute Gasteiger partial charge is 0.497 e. The number of methoxy groups -OCH3 is 1. The van der Waals surface area contributed by atoms with Crippen molar-refractivity contribution >= 4 is 22.5 Å². The van der Waals surface area contributed by atoms with Crippen molar-refractivity contribution in [1.82, 2.24) is 14.8 Å². The number of fused-ring (bicyclic) bond motifs is 1. The molecular formula is C18H18N4O4. The van der Waals surface area contributed by atoms with Crippen LogP contribution in [-0.2, 0) is 17.8 Å². The van der Waals surface area contributed by atoms with Crippen molar-refractivity contribution in [2.24, 2.45) is 0 Å². The maximum absolute atomic E-state index is 12.4. The number of carbonyl (C=O) groups excluding carboxylic acids is 1. The lowest BCUT2D eigenvalue weighted by Gasteiger charge is -2.10. The SMILES string of the molecule is COc1ccnc(NC(=O)Cc2nn(CCO)c(=O)c3ccccc23)c1. The highest BCUT2D eigenvalue weighted by Gasteiger charge is 2.14. The molecule has 0 aliphatic carbocycles. The van der Waals surface area contributed by atoms with Crippen LogP contribution >= 0.6 is 0 Å². The van der Waals surface area contributed by atoms with Gasteiger partial charge in [-0.25, -0.2) is 9.67 Å². The van der Waals surface area contributed by atoms with Crippen LogP contribution in [0.1, 0.15) is 5.69 Å². The van der Waals surface area contributed by atoms with E-state index in [0.717, 1.165) is 0 Å². The molecular weight excluding hydrogens is 336 g/mol. The average Bonchev–Trinajstić information content (AvgIpc) is 2.66. The Morgan fingerprint density at radius 3 is 2.77 bits per heavy atom. The van der Waals surface area contributed by atoms with Gasteiger partial charge in [-0.3, -0.25) is 9.59 Å². The van der Waals surface area contributed by atoms with Crippen molar-refractivity contribution < 1.29 is 14.6 Å². The first-order valence-corrected chi connectivity index (χ1v) is 8.02. The monoisotopic (exact) mass is 354 g/mol. The molecule has 8 nitrogen and oxygen atoms in total. The molecule has 2 N–H and O–H groups in total. The van der Waals surface area contributed by atoms with Crippen LogP contribution in [0, 0.1) is 0 Å². The van der Waals surface area contributed by atoms with Crippen LogP contribution in [-0.4, -0.2) is 39.5 Å². The van der Waals surface area contributed by atoms with Crippen molar-refractivity contribution in [3.63, 3.8) is 0 Å². The number of nitrogens with one attached hydrogen (secondary N) is 1. The third-order valence-corrected chi connectivity index (χ3v) is 3.82. The van der Waals surface area contributed by atoms with E-state index in [4.69, 9.17) is 9.84 Å². The summed E-state index contributed by atoms with van der Waals surface area (Å²) in [6, 6.07) is 10.2. The number of amides is 1. The Morgan fingerprint density at radius 2 is 2.04 bits per heavy atom. The minimum atomic E-state index is -0.322. The Kier molecular flexibility index (Phi) is 5.23. The van der Waals surface area contributed by atoms with Crippen LogP contribution < -0.4 is 15.6 Å². The summed E-state index contributed by atoms with van der Waals surface area (Å²) in [4.78, 5) is 28.9. The lowest BCUT2D eigenvalue weighted by atomic mass is 10.1. The molecule has 1 aromatic carbocycles. The molecule has 26 heavy (non-hydrogen) atoms. The molecule has 3 rings (SSSR count). The second-order valence-corrected chi connectivity index (χ2v) is 5.55. The maximum Gasteiger partial charge on any atom is 0.274 e. The third-order valence-electron chi connectivity index (χ3n) is 3.82. The first-order chi connectivity index (χ1) is 12.6. The van der Waals surface area contributed by atoms with E-state index in [9.17, 15) is 9.59 Å². The van der Waals surface area contributed by atoms with Gasteiger partial charge in [0.2, 0.25) is 5.91 Å². The molecule has 0 bridgehead atoms. The van der Waals surface area contributed by atoms with Crippen LogP contribution in [0.15, 0.2) is 47.4 Å². The zero-order chi connectivity index (χ0) is 18.5. The highest BCUT2D eigenvalue weighted by atomic mass is 16.5. The molecule has 0 saturated heterocycles. The van der Waals surface area contributed by atoms with Gasteiger partial charge in [0.15, 0.2) is 0 Å². The number of aromatic nitrogens is 3. The number of ether oxygens (including phenoxy) is 1. The van der Waals surface area contributed by atoms with Gasteiger partial charge in [-0.2, -0.15) is 5.10 Å². The summed E-state index contributed by atoms with van der Waals surface area (Å²) < 4.78 is 6.28. The quantitative estimate of drug-likeness (QED) is 0.683. The van der Waals surface area contributed by atoms with Gasteiger partial charge in [0.1, 0.15) is 11.6 Å². The molecule has 1 amide bonds. The van der Waals surface area contributed by atoms with Crippen LogP contribution in [0.5, 0.6) is 5.75 Å². The summed E-state index contributed by atoms with van der Waals surface area (Å²) in [5, 5.41) is 17.1. The fourth-order valence-electron chi connectivity index (χ4n) is 2.63. The highest BCUT2D eigenvalue weighted by molar-refractivity contribution is 5.94. The average molecular weight is 354 g/mol. The number of aliphatic hydroxyl groups is 1. The van der Waals surface area contributed by atoms with Crippen LogP contribution in [0.4, 0.5) is 5.82 Å². The van der Waals surface area contributed by atoms with Crippen LogP contribution in [0.2, 0.25) is 0 Å². The van der Waals surface area contributed by atoms with Crippen molar-refractivity contribution in [3.8, 4) is 5.75 Å². The van der Waals surface area contributed by atoms with E-state index in [2.05, 4.69) is 15.4 Å². The van der Waals surface area contributed by atoms with Gasteiger partial charge in [0.25, 0.3) is 5.56 Å². The van der Waals surface area contributed by atoms with Crippen LogP contribution in [0.3, 0.4) is 0 Å². The molecule has 2 aromatic heterocycles. The van der Waals surface area contributed by atoms with Crippen molar-refractivity contribution in [3.05, 3.63) is 58.6 Å². The van der Waals surface area contributed by atoms with Gasteiger partial charge in [0.05, 0.1) is 37.8 Å². The van der Waals surface area contributed by atoms with Crippen LogP contribution in [0.25, 0.3) is 10.8 Å². The number of carbonyl (C=O) groups is 1. The molecule has 0 atom stereocenters. The molecule has 0 spiro atoms. The Bertz CT molecular complexity index is 1000. The van der Waals surface area contributed by atoms with Crippen molar-refractivity contribution in [2.75, 3.05) is 19.0 Å². The molecule has 0 unspecified atom stereocenters. The van der Waals surface area contributed by atoms with Crippen molar-refractivity contribution in [1.29, 1.82) is 0 Å². The normalized spacial score (nSPS) is 10.7. The Morgan fingerprint density at radius 1 is 1.27 bits per heavy atom. The van der Waals surface area contributed by atoms with E-state index in [1.54, 1.807) is 36.4 Å². The fourth-order valence-corrected chi connectivity index (χ4v) is 2.63. The van der Waals surface area contributed by atoms with E-state index in [1.807, 2.05) is 0 Å². The number of pyridine rings is 1. The minimum Gasteiger partial charge on any atom is -0.497 e. The predicted molar refractivity (Wildman–Crippen MR) is 96.2 cm³/mol. The number of aliphatic hydroxyl groups excluding tert-OH is 1. The first kappa shape index (κ1) is 17.6. The summed E-state index contributed by atoms with van der Waals surface area (Å²) in [5.41, 5.74) is 0.155. The van der Waals surface area contributed by atoms with E-state index >= 15 is 0 Å². The number of hydrogen-bond donors (Lipinski definition) is 2. The predicted octanol–water partition coefficient (Wildman–Crippen LogP) is 0.974. The maximum atomic E-state index is 12.4. The van der Waals surface area contributed by atoms with E-state index in [0.29, 0.717) is 28.0 Å². The molecule has 0 aliphatic heterocycles. The van der Waals surface area contributed by atoms with E-state index < -0.39 is 0 Å². The molecule has 0 aliphatic rings. The number of anilines is 1. The second kappa shape index (κ2) is 7.75. The summed E-state index contributed by atoms with van der Waals surface area (Å²) in [7, 11) is 1.53. The molecule has 0 radical (unpaired) electrons. The number of rotatable bonds is 6. The minimum absolute atomic E-state index is 0.0366.